The van der Waals surface area contributed by atoms with Crippen LogP contribution in [0.3, 0.4) is 0 Å². The minimum Gasteiger partial charge on any atom is -0.382 e. The first-order valence-corrected chi connectivity index (χ1v) is 9.38. The molecular formula is C12H22N4O2S2. The van der Waals surface area contributed by atoms with Crippen LogP contribution < -0.4 is 11.1 Å². The van der Waals surface area contributed by atoms with Crippen LogP contribution in [-0.2, 0) is 9.84 Å². The van der Waals surface area contributed by atoms with E-state index in [0.717, 1.165) is 43.8 Å². The smallest absolute Gasteiger partial charge is 0.182 e. The number of nitrogens with two attached hydrogens (primary N) is 1. The van der Waals surface area contributed by atoms with Gasteiger partial charge in [-0.2, -0.15) is 4.37 Å². The molecule has 0 amide bonds. The van der Waals surface area contributed by atoms with E-state index >= 15 is 0 Å². The van der Waals surface area contributed by atoms with Gasteiger partial charge in [0.2, 0.25) is 0 Å². The molecule has 0 aliphatic carbocycles. The van der Waals surface area contributed by atoms with E-state index < -0.39 is 9.84 Å². The van der Waals surface area contributed by atoms with Gasteiger partial charge in [-0.05, 0) is 44.3 Å². The average molecular weight is 318 g/mol. The maximum atomic E-state index is 11.7. The van der Waals surface area contributed by atoms with Gasteiger partial charge in [0.15, 0.2) is 15.7 Å². The lowest BCUT2D eigenvalue weighted by molar-refractivity contribution is 0.266. The Hall–Kier alpha value is -0.860. The molecule has 1 aromatic heterocycles. The summed E-state index contributed by atoms with van der Waals surface area (Å²) in [5.74, 6) is 0.628. The molecule has 20 heavy (non-hydrogen) atoms. The maximum absolute atomic E-state index is 11.7. The minimum atomic E-state index is -3.34. The fraction of sp³-hybridized carbons (Fsp3) is 0.750. The van der Waals surface area contributed by atoms with Crippen LogP contribution in [0, 0.1) is 5.92 Å². The van der Waals surface area contributed by atoms with Crippen molar-refractivity contribution in [2.45, 2.75) is 31.2 Å². The van der Waals surface area contributed by atoms with Crippen molar-refractivity contribution >= 4 is 32.2 Å². The molecule has 0 spiro atoms. The van der Waals surface area contributed by atoms with Crippen molar-refractivity contribution in [3.8, 4) is 0 Å². The number of likely N-dealkylation sites (tertiary alicyclic amines) is 1. The van der Waals surface area contributed by atoms with Crippen molar-refractivity contribution in [1.82, 2.24) is 9.27 Å². The van der Waals surface area contributed by atoms with Crippen LogP contribution in [0.1, 0.15) is 20.3 Å². The number of rotatable bonds is 5. The lowest BCUT2D eigenvalue weighted by Crippen LogP contribution is -2.29. The van der Waals surface area contributed by atoms with Gasteiger partial charge in [-0.1, -0.05) is 0 Å². The first-order chi connectivity index (χ1) is 9.29. The molecule has 0 saturated carbocycles. The summed E-state index contributed by atoms with van der Waals surface area (Å²) >= 11 is 1.11. The quantitative estimate of drug-likeness (QED) is 0.850. The molecule has 2 heterocycles. The highest BCUT2D eigenvalue weighted by Gasteiger charge is 2.26. The molecule has 1 aliphatic rings. The number of hydrogen-bond acceptors (Lipinski definition) is 7. The number of anilines is 2. The fourth-order valence-electron chi connectivity index (χ4n) is 2.50. The molecule has 0 aromatic carbocycles. The third kappa shape index (κ3) is 3.42. The summed E-state index contributed by atoms with van der Waals surface area (Å²) in [6, 6.07) is 0.561. The second kappa shape index (κ2) is 5.87. The van der Waals surface area contributed by atoms with Crippen molar-refractivity contribution in [2.24, 2.45) is 5.92 Å². The number of aromatic nitrogens is 1. The molecule has 6 nitrogen and oxygen atoms in total. The number of nitrogens with zero attached hydrogens (tertiary/aromatic N) is 2. The Bertz CT molecular complexity index is 568. The molecule has 8 heteroatoms. The van der Waals surface area contributed by atoms with Crippen LogP contribution in [0.15, 0.2) is 4.90 Å². The predicted octanol–water partition coefficient (Wildman–Crippen LogP) is 1.27. The summed E-state index contributed by atoms with van der Waals surface area (Å²) in [4.78, 5) is 2.58. The third-order valence-electron chi connectivity index (χ3n) is 3.64. The zero-order valence-electron chi connectivity index (χ0n) is 12.1. The summed E-state index contributed by atoms with van der Waals surface area (Å²) in [7, 11) is -3.34. The van der Waals surface area contributed by atoms with Gasteiger partial charge < -0.3 is 16.0 Å². The van der Waals surface area contributed by atoms with Crippen LogP contribution in [0.5, 0.6) is 0 Å². The number of nitrogen functional groups attached to an aromatic ring is 1. The molecule has 3 N–H and O–H groups in total. The van der Waals surface area contributed by atoms with Crippen molar-refractivity contribution in [3.05, 3.63) is 0 Å². The summed E-state index contributed by atoms with van der Waals surface area (Å²) < 4.78 is 27.4. The lowest BCUT2D eigenvalue weighted by atomic mass is 10.1. The van der Waals surface area contributed by atoms with Gasteiger partial charge in [0.25, 0.3) is 0 Å². The third-order valence-corrected chi connectivity index (χ3v) is 5.75. The first kappa shape index (κ1) is 15.5. The molecule has 114 valence electrons. The Morgan fingerprint density at radius 3 is 2.80 bits per heavy atom. The highest BCUT2D eigenvalue weighted by atomic mass is 32.2. The summed E-state index contributed by atoms with van der Waals surface area (Å²) in [6.07, 6.45) is 2.29. The zero-order chi connectivity index (χ0) is 14.9. The van der Waals surface area contributed by atoms with Crippen molar-refractivity contribution < 1.29 is 8.42 Å². The van der Waals surface area contributed by atoms with Crippen molar-refractivity contribution in [2.75, 3.05) is 36.9 Å². The Balaban J connectivity index is 1.99. The molecule has 2 rings (SSSR count). The number of sulfone groups is 1. The molecule has 1 aliphatic heterocycles. The van der Waals surface area contributed by atoms with Gasteiger partial charge >= 0.3 is 0 Å². The van der Waals surface area contributed by atoms with Gasteiger partial charge in [0.05, 0.1) is 0 Å². The van der Waals surface area contributed by atoms with Gasteiger partial charge in [0.1, 0.15) is 9.90 Å². The van der Waals surface area contributed by atoms with Crippen molar-refractivity contribution in [1.29, 1.82) is 0 Å². The number of nitrogens with one attached hydrogen (secondary N) is 1. The predicted molar refractivity (Wildman–Crippen MR) is 82.9 cm³/mol. The van der Waals surface area contributed by atoms with E-state index in [0.29, 0.717) is 17.0 Å². The largest absolute Gasteiger partial charge is 0.382 e. The molecule has 1 fully saturated rings. The molecule has 1 saturated heterocycles. The molecular weight excluding hydrogens is 296 g/mol. The van der Waals surface area contributed by atoms with E-state index in [1.54, 1.807) is 0 Å². The second-order valence-electron chi connectivity index (χ2n) is 5.62. The summed E-state index contributed by atoms with van der Waals surface area (Å²) in [5, 5.41) is 3.78. The van der Waals surface area contributed by atoms with Crippen LogP contribution in [0.4, 0.5) is 10.8 Å². The average Bonchev–Trinajstić information content (AvgIpc) is 2.91. The first-order valence-electron chi connectivity index (χ1n) is 6.72. The monoisotopic (exact) mass is 318 g/mol. The van der Waals surface area contributed by atoms with E-state index in [2.05, 4.69) is 28.4 Å². The zero-order valence-corrected chi connectivity index (χ0v) is 13.7. The Morgan fingerprint density at radius 2 is 2.25 bits per heavy atom. The van der Waals surface area contributed by atoms with Gasteiger partial charge in [0, 0.05) is 25.4 Å². The fourth-order valence-corrected chi connectivity index (χ4v) is 4.57. The maximum Gasteiger partial charge on any atom is 0.182 e. The minimum absolute atomic E-state index is 0.0928. The van der Waals surface area contributed by atoms with Crippen LogP contribution in [0.25, 0.3) is 0 Å². The Kier molecular flexibility index (Phi) is 4.55. The molecule has 1 atom stereocenters. The molecule has 1 unspecified atom stereocenters. The SMILES string of the molecule is CC(C)N1CCC(CNc2snc(N)c2S(C)(=O)=O)C1. The van der Waals surface area contributed by atoms with E-state index in [-0.39, 0.29) is 10.7 Å². The molecule has 1 aromatic rings. The highest BCUT2D eigenvalue weighted by molar-refractivity contribution is 7.91. The molecule has 0 bridgehead atoms. The van der Waals surface area contributed by atoms with Crippen LogP contribution >= 0.6 is 11.5 Å². The summed E-state index contributed by atoms with van der Waals surface area (Å²) in [5.41, 5.74) is 5.64. The van der Waals surface area contributed by atoms with Gasteiger partial charge in [-0.3, -0.25) is 0 Å². The lowest BCUT2D eigenvalue weighted by Gasteiger charge is -2.20. The standard InChI is InChI=1S/C12H22N4O2S2/c1-8(2)16-5-4-9(7-16)6-14-12-10(20(3,17)18)11(13)15-19-12/h8-9,14H,4-7H2,1-3H3,(H2,13,15). The van der Waals surface area contributed by atoms with E-state index in [4.69, 9.17) is 5.73 Å². The normalized spacial score (nSPS) is 20.7. The Morgan fingerprint density at radius 1 is 1.55 bits per heavy atom. The highest BCUT2D eigenvalue weighted by Crippen LogP contribution is 2.31. The van der Waals surface area contributed by atoms with Crippen LogP contribution in [-0.4, -0.2) is 49.6 Å². The van der Waals surface area contributed by atoms with Gasteiger partial charge in [-0.25, -0.2) is 8.42 Å². The number of hydrogen-bond donors (Lipinski definition) is 2. The van der Waals surface area contributed by atoms with Crippen LogP contribution in [0.2, 0.25) is 0 Å². The Labute approximate surface area is 124 Å². The summed E-state index contributed by atoms with van der Waals surface area (Å²) in [6.45, 7) is 7.30. The van der Waals surface area contributed by atoms with E-state index in [9.17, 15) is 8.42 Å². The van der Waals surface area contributed by atoms with Gasteiger partial charge in [-0.15, -0.1) is 0 Å². The van der Waals surface area contributed by atoms with E-state index in [1.807, 2.05) is 0 Å². The van der Waals surface area contributed by atoms with E-state index in [1.165, 1.54) is 0 Å². The topological polar surface area (TPSA) is 88.3 Å². The molecule has 0 radical (unpaired) electrons. The second-order valence-corrected chi connectivity index (χ2v) is 8.35. The van der Waals surface area contributed by atoms with Crippen molar-refractivity contribution in [3.63, 3.8) is 0 Å².